The Morgan fingerprint density at radius 1 is 1.27 bits per heavy atom. The van der Waals surface area contributed by atoms with Gasteiger partial charge in [0.25, 0.3) is 0 Å². The predicted molar refractivity (Wildman–Crippen MR) is 78.7 cm³/mol. The van der Waals surface area contributed by atoms with Crippen LogP contribution in [0, 0.1) is 0 Å². The lowest BCUT2D eigenvalue weighted by Gasteiger charge is -2.16. The highest BCUT2D eigenvalue weighted by Gasteiger charge is 2.33. The van der Waals surface area contributed by atoms with Crippen molar-refractivity contribution in [2.24, 2.45) is 0 Å². The Balaban J connectivity index is 0.00000441. The van der Waals surface area contributed by atoms with Crippen LogP contribution in [0.15, 0.2) is 29.2 Å². The van der Waals surface area contributed by atoms with Gasteiger partial charge in [0.15, 0.2) is 0 Å². The first-order valence-corrected chi connectivity index (χ1v) is 7.72. The van der Waals surface area contributed by atoms with E-state index in [2.05, 4.69) is 14.8 Å². The van der Waals surface area contributed by atoms with Gasteiger partial charge in [-0.1, -0.05) is 19.1 Å². The molecule has 2 N–H and O–H groups in total. The highest BCUT2D eigenvalue weighted by atomic mass is 35.5. The van der Waals surface area contributed by atoms with Crippen molar-refractivity contribution in [2.75, 3.05) is 13.1 Å². The molecule has 0 aliphatic carbocycles. The molecule has 0 aliphatic heterocycles. The van der Waals surface area contributed by atoms with E-state index in [4.69, 9.17) is 0 Å². The first-order chi connectivity index (χ1) is 9.65. The molecule has 22 heavy (non-hydrogen) atoms. The number of likely N-dealkylation sites (N-methyl/N-ethyl adjacent to an activating group) is 1. The van der Waals surface area contributed by atoms with Gasteiger partial charge in [-0.05, 0) is 25.6 Å². The van der Waals surface area contributed by atoms with Gasteiger partial charge >= 0.3 is 6.36 Å². The summed E-state index contributed by atoms with van der Waals surface area (Å²) in [6.07, 6.45) is -4.96. The van der Waals surface area contributed by atoms with Crippen molar-refractivity contribution in [3.63, 3.8) is 0 Å². The number of nitrogens with one attached hydrogen (secondary N) is 2. The molecule has 5 nitrogen and oxygen atoms in total. The summed E-state index contributed by atoms with van der Waals surface area (Å²) >= 11 is 0. The van der Waals surface area contributed by atoms with E-state index in [1.165, 1.54) is 12.1 Å². The number of benzene rings is 1. The van der Waals surface area contributed by atoms with Crippen molar-refractivity contribution in [1.29, 1.82) is 0 Å². The highest BCUT2D eigenvalue weighted by Crippen LogP contribution is 2.29. The summed E-state index contributed by atoms with van der Waals surface area (Å²) < 4.78 is 66.9. The first kappa shape index (κ1) is 21.0. The molecule has 1 aromatic rings. The maximum absolute atomic E-state index is 12.3. The minimum Gasteiger partial charge on any atom is -0.404 e. The molecule has 1 atom stereocenters. The van der Waals surface area contributed by atoms with Crippen LogP contribution in [0.5, 0.6) is 5.75 Å². The van der Waals surface area contributed by atoms with Crippen LogP contribution >= 0.6 is 12.4 Å². The molecule has 1 rings (SSSR count). The summed E-state index contributed by atoms with van der Waals surface area (Å²) in [6, 6.07) is 4.45. The number of para-hydroxylation sites is 1. The lowest BCUT2D eigenvalue weighted by molar-refractivity contribution is -0.275. The lowest BCUT2D eigenvalue weighted by Crippen LogP contribution is -2.39. The third-order valence-corrected chi connectivity index (χ3v) is 3.96. The monoisotopic (exact) mass is 362 g/mol. The van der Waals surface area contributed by atoms with Crippen LogP contribution in [0.1, 0.15) is 13.8 Å². The largest absolute Gasteiger partial charge is 0.573 e. The quantitative estimate of drug-likeness (QED) is 0.781. The number of hydrogen-bond acceptors (Lipinski definition) is 4. The van der Waals surface area contributed by atoms with Crippen LogP contribution in [0.3, 0.4) is 0 Å². The number of alkyl halides is 3. The summed E-state index contributed by atoms with van der Waals surface area (Å²) in [5.74, 6) is -0.756. The van der Waals surface area contributed by atoms with Crippen LogP contribution in [0.2, 0.25) is 0 Å². The first-order valence-electron chi connectivity index (χ1n) is 6.23. The maximum atomic E-state index is 12.3. The number of hydrogen-bond donors (Lipinski definition) is 2. The smallest absolute Gasteiger partial charge is 0.404 e. The fourth-order valence-electron chi connectivity index (χ4n) is 1.61. The number of ether oxygens (including phenoxy) is 1. The summed E-state index contributed by atoms with van der Waals surface area (Å²) in [5, 5.41) is 2.98. The fourth-order valence-corrected chi connectivity index (χ4v) is 2.87. The zero-order valence-corrected chi connectivity index (χ0v) is 13.6. The SMILES string of the molecule is CCN[C@H](C)CNS(=O)(=O)c1ccccc1OC(F)(F)F.Cl. The molecule has 1 aromatic carbocycles. The van der Waals surface area contributed by atoms with E-state index in [1.54, 1.807) is 6.92 Å². The Hall–Kier alpha value is -1.03. The van der Waals surface area contributed by atoms with E-state index < -0.39 is 27.0 Å². The van der Waals surface area contributed by atoms with E-state index in [0.717, 1.165) is 12.1 Å². The van der Waals surface area contributed by atoms with Crippen LogP contribution in [0.25, 0.3) is 0 Å². The molecular weight excluding hydrogens is 345 g/mol. The molecule has 10 heteroatoms. The van der Waals surface area contributed by atoms with Gasteiger partial charge < -0.3 is 10.1 Å². The highest BCUT2D eigenvalue weighted by molar-refractivity contribution is 7.89. The second-order valence-electron chi connectivity index (χ2n) is 4.31. The molecule has 0 bridgehead atoms. The summed E-state index contributed by atoms with van der Waals surface area (Å²) in [7, 11) is -4.09. The summed E-state index contributed by atoms with van der Waals surface area (Å²) in [6.45, 7) is 4.31. The second-order valence-corrected chi connectivity index (χ2v) is 6.04. The van der Waals surface area contributed by atoms with Crippen molar-refractivity contribution in [1.82, 2.24) is 10.0 Å². The molecule has 0 heterocycles. The van der Waals surface area contributed by atoms with Crippen molar-refractivity contribution < 1.29 is 26.3 Å². The van der Waals surface area contributed by atoms with E-state index in [1.807, 2.05) is 6.92 Å². The maximum Gasteiger partial charge on any atom is 0.573 e. The Morgan fingerprint density at radius 2 is 1.86 bits per heavy atom. The van der Waals surface area contributed by atoms with Gasteiger partial charge in [0.1, 0.15) is 10.6 Å². The minimum atomic E-state index is -4.96. The normalized spacial score (nSPS) is 13.3. The number of rotatable bonds is 7. The molecule has 0 aromatic heterocycles. The topological polar surface area (TPSA) is 67.4 Å². The molecule has 0 saturated heterocycles. The third kappa shape index (κ3) is 6.82. The molecule has 0 unspecified atom stereocenters. The van der Waals surface area contributed by atoms with Crippen LogP contribution in [-0.4, -0.2) is 33.9 Å². The van der Waals surface area contributed by atoms with Crippen molar-refractivity contribution in [3.8, 4) is 5.75 Å². The van der Waals surface area contributed by atoms with Crippen molar-refractivity contribution in [3.05, 3.63) is 24.3 Å². The molecular formula is C12H18ClF3N2O3S. The Bertz CT molecular complexity index is 567. The lowest BCUT2D eigenvalue weighted by atomic mass is 10.3. The molecule has 0 spiro atoms. The third-order valence-electron chi connectivity index (χ3n) is 2.50. The second kappa shape index (κ2) is 8.56. The van der Waals surface area contributed by atoms with Gasteiger partial charge in [-0.25, -0.2) is 13.1 Å². The summed E-state index contributed by atoms with van der Waals surface area (Å²) in [5.41, 5.74) is 0. The molecule has 0 fully saturated rings. The minimum absolute atomic E-state index is 0. The predicted octanol–water partition coefficient (Wildman–Crippen LogP) is 2.28. The number of sulfonamides is 1. The van der Waals surface area contributed by atoms with Gasteiger partial charge in [-0.2, -0.15) is 0 Å². The standard InChI is InChI=1S/C12H17F3N2O3S.ClH/c1-3-16-9(2)8-17-21(18,19)11-7-5-4-6-10(11)20-12(13,14)15;/h4-7,9,16-17H,3,8H2,1-2H3;1H/t9-;/m1./s1. The van der Waals surface area contributed by atoms with Gasteiger partial charge in [0.05, 0.1) is 0 Å². The van der Waals surface area contributed by atoms with E-state index in [9.17, 15) is 21.6 Å². The van der Waals surface area contributed by atoms with E-state index in [0.29, 0.717) is 6.54 Å². The molecule has 0 saturated carbocycles. The van der Waals surface area contributed by atoms with Crippen LogP contribution < -0.4 is 14.8 Å². The average Bonchev–Trinajstić information content (AvgIpc) is 2.35. The Morgan fingerprint density at radius 3 is 2.41 bits per heavy atom. The van der Waals surface area contributed by atoms with Crippen molar-refractivity contribution in [2.45, 2.75) is 31.1 Å². The number of halogens is 4. The van der Waals surface area contributed by atoms with E-state index in [-0.39, 0.29) is 25.0 Å². The van der Waals surface area contributed by atoms with Gasteiger partial charge in [0.2, 0.25) is 10.0 Å². The Kier molecular flexibility index (Phi) is 8.16. The van der Waals surface area contributed by atoms with Crippen LogP contribution in [0.4, 0.5) is 13.2 Å². The van der Waals surface area contributed by atoms with E-state index >= 15 is 0 Å². The molecule has 0 amide bonds. The van der Waals surface area contributed by atoms with Crippen molar-refractivity contribution >= 4 is 22.4 Å². The fraction of sp³-hybridized carbons (Fsp3) is 0.500. The van der Waals surface area contributed by atoms with Gasteiger partial charge in [-0.15, -0.1) is 25.6 Å². The van der Waals surface area contributed by atoms with Crippen LogP contribution in [-0.2, 0) is 10.0 Å². The zero-order chi connectivity index (χ0) is 16.1. The zero-order valence-electron chi connectivity index (χ0n) is 12.0. The molecule has 0 aliphatic rings. The van der Waals surface area contributed by atoms with Gasteiger partial charge in [-0.3, -0.25) is 0 Å². The van der Waals surface area contributed by atoms with Gasteiger partial charge in [0, 0.05) is 12.6 Å². The average molecular weight is 363 g/mol. The Labute approximate surface area is 133 Å². The molecule has 0 radical (unpaired) electrons. The summed E-state index contributed by atoms with van der Waals surface area (Å²) in [4.78, 5) is -0.550. The molecule has 128 valence electrons.